The van der Waals surface area contributed by atoms with Gasteiger partial charge in [0.1, 0.15) is 18.4 Å². The zero-order valence-electron chi connectivity index (χ0n) is 19.6. The third kappa shape index (κ3) is 7.85. The lowest BCUT2D eigenvalue weighted by molar-refractivity contribution is -0.140. The van der Waals surface area contributed by atoms with Crippen LogP contribution in [0, 0.1) is 5.82 Å². The smallest absolute Gasteiger partial charge is 0.244 e. The molecule has 34 heavy (non-hydrogen) atoms. The average Bonchev–Trinajstić information content (AvgIpc) is 2.71. The van der Waals surface area contributed by atoms with E-state index in [1.54, 1.807) is 31.2 Å². The van der Waals surface area contributed by atoms with E-state index in [0.717, 1.165) is 22.7 Å². The van der Waals surface area contributed by atoms with E-state index in [9.17, 15) is 22.4 Å². The van der Waals surface area contributed by atoms with E-state index in [-0.39, 0.29) is 17.3 Å². The second-order valence-corrected chi connectivity index (χ2v) is 11.7. The summed E-state index contributed by atoms with van der Waals surface area (Å²) in [5, 5.41) is 3.06. The first-order valence-corrected chi connectivity index (χ1v) is 13.0. The summed E-state index contributed by atoms with van der Waals surface area (Å²) in [4.78, 5) is 27.6. The maximum absolute atomic E-state index is 13.6. The van der Waals surface area contributed by atoms with Gasteiger partial charge in [0.2, 0.25) is 21.8 Å². The lowest BCUT2D eigenvalue weighted by Crippen LogP contribution is -2.54. The molecule has 2 aromatic rings. The fraction of sp³-hybridized carbons (Fsp3) is 0.391. The van der Waals surface area contributed by atoms with Crippen LogP contribution in [-0.4, -0.2) is 49.5 Å². The van der Waals surface area contributed by atoms with Crippen LogP contribution in [0.3, 0.4) is 0 Å². The molecule has 11 heteroatoms. The van der Waals surface area contributed by atoms with Crippen molar-refractivity contribution in [2.75, 3.05) is 17.1 Å². The van der Waals surface area contributed by atoms with E-state index in [4.69, 9.17) is 23.2 Å². The highest BCUT2D eigenvalue weighted by Gasteiger charge is 2.31. The first-order chi connectivity index (χ1) is 15.6. The first kappa shape index (κ1) is 27.9. The van der Waals surface area contributed by atoms with Gasteiger partial charge in [-0.2, -0.15) is 0 Å². The highest BCUT2D eigenvalue weighted by Crippen LogP contribution is 2.25. The first-order valence-electron chi connectivity index (χ1n) is 10.4. The maximum atomic E-state index is 13.6. The Morgan fingerprint density at radius 2 is 1.68 bits per heavy atom. The Hall–Kier alpha value is -2.36. The minimum Gasteiger partial charge on any atom is -0.350 e. The molecular weight excluding hydrogens is 504 g/mol. The molecule has 0 aliphatic rings. The van der Waals surface area contributed by atoms with Crippen molar-refractivity contribution in [1.29, 1.82) is 0 Å². The minimum absolute atomic E-state index is 0.0282. The summed E-state index contributed by atoms with van der Waals surface area (Å²) in [6.07, 6.45) is 0.927. The van der Waals surface area contributed by atoms with Gasteiger partial charge in [-0.25, -0.2) is 12.8 Å². The summed E-state index contributed by atoms with van der Waals surface area (Å²) < 4.78 is 39.4. The SMILES string of the molecule is C[C@@H](C(=O)NC(C)(C)C)N(Cc1ccc(Cl)cc1)C(=O)CN(c1ccc(F)c(Cl)c1)S(C)(=O)=O. The molecule has 0 aromatic heterocycles. The molecule has 2 rings (SSSR count). The van der Waals surface area contributed by atoms with Crippen LogP contribution in [0.4, 0.5) is 10.1 Å². The number of carbonyl (C=O) groups is 2. The van der Waals surface area contributed by atoms with Gasteiger partial charge in [-0.1, -0.05) is 35.3 Å². The van der Waals surface area contributed by atoms with Gasteiger partial charge >= 0.3 is 0 Å². The molecule has 1 N–H and O–H groups in total. The average molecular weight is 532 g/mol. The van der Waals surface area contributed by atoms with Gasteiger partial charge in [0.25, 0.3) is 0 Å². The Morgan fingerprint density at radius 3 is 2.18 bits per heavy atom. The molecule has 1 atom stereocenters. The molecule has 0 aliphatic carbocycles. The predicted molar refractivity (Wildman–Crippen MR) is 133 cm³/mol. The van der Waals surface area contributed by atoms with Gasteiger partial charge in [-0.3, -0.25) is 13.9 Å². The molecule has 0 spiro atoms. The van der Waals surface area contributed by atoms with E-state index < -0.39 is 45.8 Å². The number of carbonyl (C=O) groups excluding carboxylic acids is 2. The second kappa shape index (κ2) is 10.9. The van der Waals surface area contributed by atoms with E-state index in [2.05, 4.69) is 5.32 Å². The Balaban J connectivity index is 2.41. The molecule has 0 saturated carbocycles. The van der Waals surface area contributed by atoms with Crippen molar-refractivity contribution in [3.8, 4) is 0 Å². The molecule has 186 valence electrons. The highest BCUT2D eigenvalue weighted by atomic mass is 35.5. The van der Waals surface area contributed by atoms with Gasteiger partial charge < -0.3 is 10.2 Å². The van der Waals surface area contributed by atoms with Crippen molar-refractivity contribution < 1.29 is 22.4 Å². The number of amides is 2. The number of nitrogens with one attached hydrogen (secondary N) is 1. The largest absolute Gasteiger partial charge is 0.350 e. The van der Waals surface area contributed by atoms with Crippen molar-refractivity contribution in [1.82, 2.24) is 10.2 Å². The van der Waals surface area contributed by atoms with E-state index in [1.165, 1.54) is 11.0 Å². The zero-order chi connectivity index (χ0) is 25.8. The molecule has 0 aliphatic heterocycles. The van der Waals surface area contributed by atoms with Crippen molar-refractivity contribution in [2.24, 2.45) is 0 Å². The van der Waals surface area contributed by atoms with Crippen LogP contribution < -0.4 is 9.62 Å². The standard InChI is InChI=1S/C23H28Cl2FN3O4S/c1-15(22(31)27-23(2,3)4)28(13-16-6-8-17(24)9-7-16)21(30)14-29(34(5,32)33)18-10-11-20(26)19(25)12-18/h6-12,15H,13-14H2,1-5H3,(H,27,31)/t15-/m0/s1. The number of anilines is 1. The zero-order valence-corrected chi connectivity index (χ0v) is 21.9. The van der Waals surface area contributed by atoms with Crippen LogP contribution in [-0.2, 0) is 26.2 Å². The quantitative estimate of drug-likeness (QED) is 0.552. The number of benzene rings is 2. The van der Waals surface area contributed by atoms with Gasteiger partial charge in [0.15, 0.2) is 0 Å². The number of halogens is 3. The molecule has 7 nitrogen and oxygen atoms in total. The fourth-order valence-corrected chi connectivity index (χ4v) is 4.24. The summed E-state index contributed by atoms with van der Waals surface area (Å²) >= 11 is 11.8. The van der Waals surface area contributed by atoms with Crippen LogP contribution in [0.25, 0.3) is 0 Å². The third-order valence-corrected chi connectivity index (χ3v) is 6.48. The normalized spacial score (nSPS) is 12.7. The van der Waals surface area contributed by atoms with E-state index in [1.807, 2.05) is 20.8 Å². The van der Waals surface area contributed by atoms with Crippen molar-refractivity contribution in [2.45, 2.75) is 45.8 Å². The van der Waals surface area contributed by atoms with E-state index in [0.29, 0.717) is 10.6 Å². The van der Waals surface area contributed by atoms with Crippen LogP contribution in [0.1, 0.15) is 33.3 Å². The highest BCUT2D eigenvalue weighted by molar-refractivity contribution is 7.92. The molecule has 0 bridgehead atoms. The van der Waals surface area contributed by atoms with Crippen LogP contribution in [0.2, 0.25) is 10.0 Å². The molecule has 0 unspecified atom stereocenters. The van der Waals surface area contributed by atoms with Crippen LogP contribution in [0.15, 0.2) is 42.5 Å². The predicted octanol–water partition coefficient (Wildman–Crippen LogP) is 4.23. The number of nitrogens with zero attached hydrogens (tertiary/aromatic N) is 2. The number of rotatable bonds is 8. The number of hydrogen-bond acceptors (Lipinski definition) is 4. The van der Waals surface area contributed by atoms with Crippen molar-refractivity contribution in [3.05, 3.63) is 63.9 Å². The maximum Gasteiger partial charge on any atom is 0.244 e. The molecule has 0 saturated heterocycles. The monoisotopic (exact) mass is 531 g/mol. The molecule has 0 fully saturated rings. The van der Waals surface area contributed by atoms with Gasteiger partial charge in [0, 0.05) is 17.1 Å². The van der Waals surface area contributed by atoms with Crippen LogP contribution in [0.5, 0.6) is 0 Å². The van der Waals surface area contributed by atoms with Crippen molar-refractivity contribution >= 4 is 50.7 Å². The third-order valence-electron chi connectivity index (χ3n) is 4.80. The Bertz CT molecular complexity index is 1150. The number of sulfonamides is 1. The molecule has 0 radical (unpaired) electrons. The van der Waals surface area contributed by atoms with Crippen LogP contribution >= 0.6 is 23.2 Å². The Morgan fingerprint density at radius 1 is 1.09 bits per heavy atom. The minimum atomic E-state index is -3.94. The summed E-state index contributed by atoms with van der Waals surface area (Å²) in [5.41, 5.74) is 0.189. The van der Waals surface area contributed by atoms with Crippen molar-refractivity contribution in [3.63, 3.8) is 0 Å². The summed E-state index contributed by atoms with van der Waals surface area (Å²) in [6.45, 7) is 6.43. The fourth-order valence-electron chi connectivity index (χ4n) is 3.10. The van der Waals surface area contributed by atoms with Gasteiger partial charge in [0.05, 0.1) is 17.0 Å². The van der Waals surface area contributed by atoms with Gasteiger partial charge in [-0.15, -0.1) is 0 Å². The molecule has 0 heterocycles. The number of hydrogen-bond donors (Lipinski definition) is 1. The Kier molecular flexibility index (Phi) is 8.96. The van der Waals surface area contributed by atoms with E-state index >= 15 is 0 Å². The summed E-state index contributed by atoms with van der Waals surface area (Å²) in [7, 11) is -3.94. The van der Waals surface area contributed by atoms with Gasteiger partial charge in [-0.05, 0) is 63.6 Å². The summed E-state index contributed by atoms with van der Waals surface area (Å²) in [5.74, 6) is -1.75. The second-order valence-electron chi connectivity index (χ2n) is 8.93. The molecule has 2 amide bonds. The lowest BCUT2D eigenvalue weighted by Gasteiger charge is -2.33. The lowest BCUT2D eigenvalue weighted by atomic mass is 10.1. The molecular formula is C23H28Cl2FN3O4S. The topological polar surface area (TPSA) is 86.8 Å². The summed E-state index contributed by atoms with van der Waals surface area (Å²) in [6, 6.07) is 9.19. The Labute approximate surface area is 209 Å². The molecule has 2 aromatic carbocycles.